The first kappa shape index (κ1) is 16.0. The van der Waals surface area contributed by atoms with Gasteiger partial charge in [-0.2, -0.15) is 0 Å². The average molecular weight is 254 g/mol. The van der Waals surface area contributed by atoms with E-state index in [9.17, 15) is 0 Å². The second kappa shape index (κ2) is 8.16. The van der Waals surface area contributed by atoms with Gasteiger partial charge in [0, 0.05) is 25.2 Å². The van der Waals surface area contributed by atoms with Crippen molar-refractivity contribution in [3.8, 4) is 0 Å². The molecule has 0 saturated carbocycles. The molecule has 3 unspecified atom stereocenters. The predicted molar refractivity (Wildman–Crippen MR) is 81.0 cm³/mol. The van der Waals surface area contributed by atoms with Gasteiger partial charge in [0.2, 0.25) is 0 Å². The molecule has 1 rings (SSSR count). The lowest BCUT2D eigenvalue weighted by Gasteiger charge is -2.42. The van der Waals surface area contributed by atoms with Crippen molar-refractivity contribution in [2.45, 2.75) is 72.4 Å². The van der Waals surface area contributed by atoms with Crippen LogP contribution < -0.4 is 5.32 Å². The number of nitrogens with one attached hydrogen (secondary N) is 1. The lowest BCUT2D eigenvalue weighted by molar-refractivity contribution is 0.0980. The third kappa shape index (κ3) is 4.89. The Hall–Kier alpha value is -0.0800. The normalized spacial score (nSPS) is 27.7. The van der Waals surface area contributed by atoms with E-state index in [1.807, 2.05) is 0 Å². The van der Waals surface area contributed by atoms with Gasteiger partial charge in [0.1, 0.15) is 0 Å². The molecule has 2 nitrogen and oxygen atoms in total. The van der Waals surface area contributed by atoms with E-state index in [0.29, 0.717) is 6.04 Å². The van der Waals surface area contributed by atoms with Crippen LogP contribution in [0.2, 0.25) is 0 Å². The van der Waals surface area contributed by atoms with Crippen LogP contribution in [0.5, 0.6) is 0 Å². The fraction of sp³-hybridized carbons (Fsp3) is 1.00. The molecule has 2 heteroatoms. The van der Waals surface area contributed by atoms with Gasteiger partial charge < -0.3 is 5.32 Å². The molecule has 1 N–H and O–H groups in total. The largest absolute Gasteiger partial charge is 0.311 e. The van der Waals surface area contributed by atoms with Gasteiger partial charge in [-0.3, -0.25) is 4.90 Å². The average Bonchev–Trinajstić information content (AvgIpc) is 2.36. The Balaban J connectivity index is 2.52. The van der Waals surface area contributed by atoms with Crippen LogP contribution in [0.25, 0.3) is 0 Å². The maximum absolute atomic E-state index is 3.78. The van der Waals surface area contributed by atoms with Gasteiger partial charge >= 0.3 is 0 Å². The van der Waals surface area contributed by atoms with Crippen LogP contribution in [0.15, 0.2) is 0 Å². The molecule has 0 aromatic heterocycles. The molecule has 0 bridgehead atoms. The van der Waals surface area contributed by atoms with Crippen LogP contribution in [0, 0.1) is 11.8 Å². The molecule has 1 fully saturated rings. The summed E-state index contributed by atoms with van der Waals surface area (Å²) in [6, 6.07) is 1.48. The molecule has 1 aliphatic rings. The Labute approximate surface area is 115 Å². The number of piperazine rings is 1. The SMILES string of the molecule is CCCC1CNC(C(C)CC)CN1CCC(C)C. The lowest BCUT2D eigenvalue weighted by atomic mass is 9.94. The fourth-order valence-corrected chi connectivity index (χ4v) is 2.86. The summed E-state index contributed by atoms with van der Waals surface area (Å²) in [6.07, 6.45) is 5.28. The smallest absolute Gasteiger partial charge is 0.0221 e. The van der Waals surface area contributed by atoms with Crippen molar-refractivity contribution < 1.29 is 0 Å². The van der Waals surface area contributed by atoms with Crippen molar-refractivity contribution in [3.05, 3.63) is 0 Å². The summed E-state index contributed by atoms with van der Waals surface area (Å²) >= 11 is 0. The highest BCUT2D eigenvalue weighted by molar-refractivity contribution is 4.88. The number of rotatable bonds is 7. The molecule has 18 heavy (non-hydrogen) atoms. The number of hydrogen-bond acceptors (Lipinski definition) is 2. The van der Waals surface area contributed by atoms with E-state index in [2.05, 4.69) is 44.8 Å². The zero-order valence-corrected chi connectivity index (χ0v) is 13.2. The number of hydrogen-bond donors (Lipinski definition) is 1. The summed E-state index contributed by atoms with van der Waals surface area (Å²) in [5.41, 5.74) is 0. The van der Waals surface area contributed by atoms with E-state index in [4.69, 9.17) is 0 Å². The van der Waals surface area contributed by atoms with Crippen LogP contribution >= 0.6 is 0 Å². The Kier molecular flexibility index (Phi) is 7.25. The minimum absolute atomic E-state index is 0.704. The molecule has 0 radical (unpaired) electrons. The molecule has 1 saturated heterocycles. The second-order valence-electron chi connectivity index (χ2n) is 6.52. The highest BCUT2D eigenvalue weighted by Gasteiger charge is 2.29. The zero-order valence-electron chi connectivity index (χ0n) is 13.2. The molecule has 0 aliphatic carbocycles. The van der Waals surface area contributed by atoms with Crippen molar-refractivity contribution >= 4 is 0 Å². The maximum Gasteiger partial charge on any atom is 0.0221 e. The molecule has 0 aromatic rings. The van der Waals surface area contributed by atoms with Crippen LogP contribution in [-0.2, 0) is 0 Å². The van der Waals surface area contributed by atoms with Gasteiger partial charge in [-0.05, 0) is 31.2 Å². The molecule has 3 atom stereocenters. The van der Waals surface area contributed by atoms with Crippen LogP contribution in [0.4, 0.5) is 0 Å². The summed E-state index contributed by atoms with van der Waals surface area (Å²) in [7, 11) is 0. The van der Waals surface area contributed by atoms with Gasteiger partial charge in [0.05, 0.1) is 0 Å². The maximum atomic E-state index is 3.78. The second-order valence-corrected chi connectivity index (χ2v) is 6.52. The summed E-state index contributed by atoms with van der Waals surface area (Å²) in [6.45, 7) is 15.4. The Morgan fingerprint density at radius 2 is 1.94 bits per heavy atom. The van der Waals surface area contributed by atoms with Gasteiger partial charge in [0.15, 0.2) is 0 Å². The van der Waals surface area contributed by atoms with Crippen LogP contribution in [0.3, 0.4) is 0 Å². The third-order valence-corrected chi connectivity index (χ3v) is 4.51. The van der Waals surface area contributed by atoms with Gasteiger partial charge in [0.25, 0.3) is 0 Å². The zero-order chi connectivity index (χ0) is 13.5. The van der Waals surface area contributed by atoms with Crippen LogP contribution in [-0.4, -0.2) is 36.6 Å². The molecule has 0 amide bonds. The fourth-order valence-electron chi connectivity index (χ4n) is 2.86. The molecule has 108 valence electrons. The van der Waals surface area contributed by atoms with Crippen molar-refractivity contribution in [2.24, 2.45) is 11.8 Å². The van der Waals surface area contributed by atoms with Crippen molar-refractivity contribution in [2.75, 3.05) is 19.6 Å². The first-order valence-electron chi connectivity index (χ1n) is 8.05. The number of nitrogens with zero attached hydrogens (tertiary/aromatic N) is 1. The van der Waals surface area contributed by atoms with Gasteiger partial charge in [-0.1, -0.05) is 47.5 Å². The van der Waals surface area contributed by atoms with Gasteiger partial charge in [-0.25, -0.2) is 0 Å². The molecule has 0 spiro atoms. The quantitative estimate of drug-likeness (QED) is 0.748. The molecule has 1 aliphatic heterocycles. The monoisotopic (exact) mass is 254 g/mol. The van der Waals surface area contributed by atoms with E-state index < -0.39 is 0 Å². The van der Waals surface area contributed by atoms with E-state index in [1.165, 1.54) is 45.3 Å². The molecule has 0 aromatic carbocycles. The molecular formula is C16H34N2. The van der Waals surface area contributed by atoms with E-state index in [1.54, 1.807) is 0 Å². The highest BCUT2D eigenvalue weighted by Crippen LogP contribution is 2.19. The van der Waals surface area contributed by atoms with Crippen LogP contribution in [0.1, 0.15) is 60.3 Å². The summed E-state index contributed by atoms with van der Waals surface area (Å²) < 4.78 is 0. The van der Waals surface area contributed by atoms with E-state index >= 15 is 0 Å². The summed E-state index contributed by atoms with van der Waals surface area (Å²) in [5, 5.41) is 3.78. The Morgan fingerprint density at radius 3 is 2.50 bits per heavy atom. The van der Waals surface area contributed by atoms with E-state index in [0.717, 1.165) is 17.9 Å². The summed E-state index contributed by atoms with van der Waals surface area (Å²) in [4.78, 5) is 2.76. The van der Waals surface area contributed by atoms with Crippen molar-refractivity contribution in [1.29, 1.82) is 0 Å². The first-order chi connectivity index (χ1) is 8.58. The van der Waals surface area contributed by atoms with Crippen molar-refractivity contribution in [3.63, 3.8) is 0 Å². The molecular weight excluding hydrogens is 220 g/mol. The summed E-state index contributed by atoms with van der Waals surface area (Å²) in [5.74, 6) is 1.62. The minimum atomic E-state index is 0.704. The molecule has 1 heterocycles. The lowest BCUT2D eigenvalue weighted by Crippen LogP contribution is -2.58. The first-order valence-corrected chi connectivity index (χ1v) is 8.05. The standard InChI is InChI=1S/C16H34N2/c1-6-8-15-11-17-16(14(5)7-2)12-18(15)10-9-13(3)4/h13-17H,6-12H2,1-5H3. The minimum Gasteiger partial charge on any atom is -0.311 e. The van der Waals surface area contributed by atoms with E-state index in [-0.39, 0.29) is 0 Å². The topological polar surface area (TPSA) is 15.3 Å². The third-order valence-electron chi connectivity index (χ3n) is 4.51. The predicted octanol–water partition coefficient (Wildman–Crippen LogP) is 3.52. The van der Waals surface area contributed by atoms with Gasteiger partial charge in [-0.15, -0.1) is 0 Å². The van der Waals surface area contributed by atoms with Crippen molar-refractivity contribution in [1.82, 2.24) is 10.2 Å². The highest BCUT2D eigenvalue weighted by atomic mass is 15.2. The Morgan fingerprint density at radius 1 is 1.22 bits per heavy atom. The Bertz CT molecular complexity index is 215.